The molecular weight excluding hydrogens is 192 g/mol. The van der Waals surface area contributed by atoms with Crippen molar-refractivity contribution in [3.05, 3.63) is 0 Å². The highest BCUT2D eigenvalue weighted by molar-refractivity contribution is 7.99. The molecule has 0 radical (unpaired) electrons. The lowest BCUT2D eigenvalue weighted by Gasteiger charge is -2.11. The highest BCUT2D eigenvalue weighted by Gasteiger charge is 2.17. The highest BCUT2D eigenvalue weighted by atomic mass is 32.2. The van der Waals surface area contributed by atoms with E-state index in [1.807, 2.05) is 0 Å². The summed E-state index contributed by atoms with van der Waals surface area (Å²) < 4.78 is 0. The van der Waals surface area contributed by atoms with E-state index in [2.05, 4.69) is 5.32 Å². The first-order valence-corrected chi connectivity index (χ1v) is 5.01. The summed E-state index contributed by atoms with van der Waals surface area (Å²) >= 11 is 1.41. The lowest BCUT2D eigenvalue weighted by Crippen LogP contribution is -2.41. The van der Waals surface area contributed by atoms with Crippen molar-refractivity contribution in [3.8, 4) is 0 Å². The van der Waals surface area contributed by atoms with Gasteiger partial charge >= 0.3 is 5.97 Å². The van der Waals surface area contributed by atoms with Gasteiger partial charge in [0.15, 0.2) is 0 Å². The number of aliphatic carboxylic acids is 1. The molecule has 0 aliphatic rings. The molecule has 0 saturated carbocycles. The third-order valence-corrected chi connectivity index (χ3v) is 2.32. The van der Waals surface area contributed by atoms with Crippen LogP contribution in [0.5, 0.6) is 0 Å². The van der Waals surface area contributed by atoms with Gasteiger partial charge < -0.3 is 16.2 Å². The lowest BCUT2D eigenvalue weighted by molar-refractivity contribution is -0.140. The van der Waals surface area contributed by atoms with Gasteiger partial charge in [-0.3, -0.25) is 4.79 Å². The van der Waals surface area contributed by atoms with Gasteiger partial charge in [0.2, 0.25) is 5.91 Å². The number of nitrogens with one attached hydrogen (secondary N) is 1. The molecule has 4 N–H and O–H groups in total. The first-order chi connectivity index (χ1) is 6.07. The number of carboxylic acid groups (broad SMARTS) is 1. The summed E-state index contributed by atoms with van der Waals surface area (Å²) in [6.07, 6.45) is 0. The highest BCUT2D eigenvalue weighted by Crippen LogP contribution is 2.01. The molecule has 76 valence electrons. The fourth-order valence-electron chi connectivity index (χ4n) is 0.705. The molecule has 0 spiro atoms. The van der Waals surface area contributed by atoms with E-state index in [4.69, 9.17) is 10.8 Å². The van der Waals surface area contributed by atoms with E-state index in [1.54, 1.807) is 0 Å². The van der Waals surface area contributed by atoms with Gasteiger partial charge in [-0.15, -0.1) is 0 Å². The Kier molecular flexibility index (Phi) is 6.34. The van der Waals surface area contributed by atoms with Crippen LogP contribution in [0.4, 0.5) is 0 Å². The summed E-state index contributed by atoms with van der Waals surface area (Å²) in [5.41, 5.74) is 5.24. The third-order valence-electron chi connectivity index (χ3n) is 1.22. The third kappa shape index (κ3) is 6.41. The standard InChI is InChI=1S/C7H14N2O3S/c1-5(10)9-6(7(11)12)4-13-3-2-8/h6H,2-4,8H2,1H3,(H,9,10)(H,11,12)/t6-/m1/s1. The monoisotopic (exact) mass is 206 g/mol. The van der Waals surface area contributed by atoms with E-state index in [9.17, 15) is 9.59 Å². The van der Waals surface area contributed by atoms with E-state index in [-0.39, 0.29) is 5.91 Å². The Morgan fingerprint density at radius 1 is 1.62 bits per heavy atom. The molecule has 1 amide bonds. The number of carbonyl (C=O) groups excluding carboxylic acids is 1. The minimum Gasteiger partial charge on any atom is -0.480 e. The van der Waals surface area contributed by atoms with Crippen molar-refractivity contribution >= 4 is 23.6 Å². The van der Waals surface area contributed by atoms with Gasteiger partial charge in [0.1, 0.15) is 6.04 Å². The Hall–Kier alpha value is -0.750. The number of amides is 1. The Bertz CT molecular complexity index is 187. The molecule has 0 rings (SSSR count). The van der Waals surface area contributed by atoms with Gasteiger partial charge in [-0.1, -0.05) is 0 Å². The maximum absolute atomic E-state index is 10.6. The Morgan fingerprint density at radius 2 is 2.23 bits per heavy atom. The van der Waals surface area contributed by atoms with Crippen molar-refractivity contribution in [1.29, 1.82) is 0 Å². The number of hydrogen-bond donors (Lipinski definition) is 3. The number of hydrogen-bond acceptors (Lipinski definition) is 4. The minimum absolute atomic E-state index is 0.333. The van der Waals surface area contributed by atoms with Crippen LogP contribution in [0, 0.1) is 0 Å². The molecule has 0 unspecified atom stereocenters. The van der Waals surface area contributed by atoms with Crippen molar-refractivity contribution < 1.29 is 14.7 Å². The van der Waals surface area contributed by atoms with Crippen LogP contribution in [-0.4, -0.2) is 41.1 Å². The molecule has 0 aliphatic heterocycles. The van der Waals surface area contributed by atoms with Crippen molar-refractivity contribution in [2.75, 3.05) is 18.1 Å². The summed E-state index contributed by atoms with van der Waals surface area (Å²) in [6, 6.07) is -0.811. The predicted octanol–water partition coefficient (Wildman–Crippen LogP) is -0.732. The molecule has 0 fully saturated rings. The van der Waals surface area contributed by atoms with Crippen LogP contribution in [0.1, 0.15) is 6.92 Å². The number of carbonyl (C=O) groups is 2. The lowest BCUT2D eigenvalue weighted by atomic mass is 10.3. The van der Waals surface area contributed by atoms with Crippen molar-refractivity contribution in [2.24, 2.45) is 5.73 Å². The molecule has 0 aromatic rings. The molecular formula is C7H14N2O3S. The SMILES string of the molecule is CC(=O)N[C@H](CSCCN)C(=O)O. The Morgan fingerprint density at radius 3 is 2.62 bits per heavy atom. The van der Waals surface area contributed by atoms with E-state index in [1.165, 1.54) is 18.7 Å². The summed E-state index contributed by atoms with van der Waals surface area (Å²) in [4.78, 5) is 21.2. The fourth-order valence-corrected chi connectivity index (χ4v) is 1.50. The zero-order chi connectivity index (χ0) is 10.3. The van der Waals surface area contributed by atoms with Crippen LogP contribution < -0.4 is 11.1 Å². The topological polar surface area (TPSA) is 92.4 Å². The second-order valence-corrected chi connectivity index (χ2v) is 3.60. The van der Waals surface area contributed by atoms with Gasteiger partial charge in [0, 0.05) is 25.0 Å². The molecule has 0 aromatic carbocycles. The van der Waals surface area contributed by atoms with Crippen molar-refractivity contribution in [1.82, 2.24) is 5.32 Å². The molecule has 0 saturated heterocycles. The smallest absolute Gasteiger partial charge is 0.327 e. The van der Waals surface area contributed by atoms with E-state index in [0.29, 0.717) is 18.1 Å². The van der Waals surface area contributed by atoms with Gasteiger partial charge in [0.05, 0.1) is 0 Å². The Balaban J connectivity index is 3.81. The summed E-state index contributed by atoms with van der Waals surface area (Å²) in [5, 5.41) is 11.0. The second kappa shape index (κ2) is 6.73. The van der Waals surface area contributed by atoms with Crippen molar-refractivity contribution in [3.63, 3.8) is 0 Å². The first-order valence-electron chi connectivity index (χ1n) is 3.85. The van der Waals surface area contributed by atoms with E-state index >= 15 is 0 Å². The number of rotatable bonds is 6. The molecule has 13 heavy (non-hydrogen) atoms. The second-order valence-electron chi connectivity index (χ2n) is 2.45. The maximum Gasteiger partial charge on any atom is 0.327 e. The van der Waals surface area contributed by atoms with Gasteiger partial charge in [-0.05, 0) is 0 Å². The molecule has 6 heteroatoms. The number of nitrogens with two attached hydrogens (primary N) is 1. The van der Waals surface area contributed by atoms with Crippen LogP contribution >= 0.6 is 11.8 Å². The van der Waals surface area contributed by atoms with Crippen LogP contribution in [0.2, 0.25) is 0 Å². The van der Waals surface area contributed by atoms with E-state index in [0.717, 1.165) is 0 Å². The summed E-state index contributed by atoms with van der Waals surface area (Å²) in [7, 11) is 0. The van der Waals surface area contributed by atoms with Crippen molar-refractivity contribution in [2.45, 2.75) is 13.0 Å². The zero-order valence-electron chi connectivity index (χ0n) is 7.45. The molecule has 0 heterocycles. The molecule has 0 bridgehead atoms. The largest absolute Gasteiger partial charge is 0.480 e. The fraction of sp³-hybridized carbons (Fsp3) is 0.714. The van der Waals surface area contributed by atoms with Crippen LogP contribution in [0.15, 0.2) is 0 Å². The zero-order valence-corrected chi connectivity index (χ0v) is 8.26. The van der Waals surface area contributed by atoms with Crippen LogP contribution in [0.25, 0.3) is 0 Å². The number of carboxylic acids is 1. The average molecular weight is 206 g/mol. The Labute approximate surface area is 81.1 Å². The molecule has 1 atom stereocenters. The maximum atomic E-state index is 10.6. The molecule has 5 nitrogen and oxygen atoms in total. The summed E-state index contributed by atoms with van der Waals surface area (Å²) in [5.74, 6) is -0.296. The van der Waals surface area contributed by atoms with Gasteiger partial charge in [0.25, 0.3) is 0 Å². The molecule has 0 aromatic heterocycles. The van der Waals surface area contributed by atoms with Crippen LogP contribution in [-0.2, 0) is 9.59 Å². The minimum atomic E-state index is -1.01. The predicted molar refractivity (Wildman–Crippen MR) is 51.6 cm³/mol. The van der Waals surface area contributed by atoms with E-state index < -0.39 is 12.0 Å². The number of thioether (sulfide) groups is 1. The molecule has 0 aliphatic carbocycles. The summed E-state index contributed by atoms with van der Waals surface area (Å²) in [6.45, 7) is 1.81. The van der Waals surface area contributed by atoms with Crippen LogP contribution in [0.3, 0.4) is 0 Å². The normalized spacial score (nSPS) is 12.2. The first kappa shape index (κ1) is 12.2. The average Bonchev–Trinajstić information content (AvgIpc) is 2.02. The van der Waals surface area contributed by atoms with Gasteiger partial charge in [-0.2, -0.15) is 11.8 Å². The van der Waals surface area contributed by atoms with Gasteiger partial charge in [-0.25, -0.2) is 4.79 Å². The quantitative estimate of drug-likeness (QED) is 0.498.